The molecule has 0 saturated carbocycles. The highest BCUT2D eigenvalue weighted by atomic mass is 35.5. The molecule has 2 aromatic carbocycles. The topological polar surface area (TPSA) is 101 Å². The van der Waals surface area contributed by atoms with Gasteiger partial charge in [0.05, 0.1) is 23.7 Å². The number of nitrogens with zero attached hydrogens (tertiary/aromatic N) is 1. The molecule has 0 atom stereocenters. The Hall–Kier alpha value is -3.52. The van der Waals surface area contributed by atoms with E-state index in [1.165, 1.54) is 24.5 Å². The van der Waals surface area contributed by atoms with Crippen LogP contribution in [0.4, 0.5) is 4.39 Å². The van der Waals surface area contributed by atoms with Crippen molar-refractivity contribution in [1.82, 2.24) is 10.7 Å². The number of fused-ring (bicyclic) bond motifs is 1. The summed E-state index contributed by atoms with van der Waals surface area (Å²) in [6.07, 6.45) is 2.34. The van der Waals surface area contributed by atoms with Crippen molar-refractivity contribution in [3.05, 3.63) is 80.9 Å². The fraction of sp³-hybridized carbons (Fsp3) is 0.0526. The second kappa shape index (κ2) is 8.45. The average molecular weight is 402 g/mol. The van der Waals surface area contributed by atoms with E-state index in [-0.39, 0.29) is 28.5 Å². The molecule has 0 aliphatic heterocycles. The van der Waals surface area contributed by atoms with Crippen molar-refractivity contribution in [1.29, 1.82) is 0 Å². The van der Waals surface area contributed by atoms with Crippen molar-refractivity contribution in [2.75, 3.05) is 6.54 Å². The number of carbonyl (C=O) groups excluding carboxylic acids is 2. The van der Waals surface area contributed by atoms with Gasteiger partial charge in [-0.05, 0) is 42.5 Å². The van der Waals surface area contributed by atoms with E-state index in [4.69, 9.17) is 16.0 Å². The molecular weight excluding hydrogens is 389 g/mol. The van der Waals surface area contributed by atoms with Crippen LogP contribution in [-0.2, 0) is 4.79 Å². The highest BCUT2D eigenvalue weighted by Crippen LogP contribution is 2.16. The quantitative estimate of drug-likeness (QED) is 0.506. The second-order valence-electron chi connectivity index (χ2n) is 5.64. The molecule has 0 aliphatic carbocycles. The van der Waals surface area contributed by atoms with E-state index in [1.807, 2.05) is 0 Å². The number of nitrogens with one attached hydrogen (secondary N) is 2. The minimum atomic E-state index is -0.611. The van der Waals surface area contributed by atoms with Crippen molar-refractivity contribution in [2.45, 2.75) is 0 Å². The summed E-state index contributed by atoms with van der Waals surface area (Å²) in [4.78, 5) is 35.9. The fourth-order valence-corrected chi connectivity index (χ4v) is 2.46. The van der Waals surface area contributed by atoms with Crippen molar-refractivity contribution in [3.63, 3.8) is 0 Å². The van der Waals surface area contributed by atoms with E-state index >= 15 is 0 Å². The van der Waals surface area contributed by atoms with E-state index in [0.717, 1.165) is 18.3 Å². The smallest absolute Gasteiger partial charge is 0.259 e. The first-order valence-corrected chi connectivity index (χ1v) is 8.38. The molecule has 3 aromatic rings. The van der Waals surface area contributed by atoms with E-state index in [0.29, 0.717) is 10.6 Å². The van der Waals surface area contributed by atoms with Gasteiger partial charge >= 0.3 is 0 Å². The summed E-state index contributed by atoms with van der Waals surface area (Å²) in [6.45, 7) is -0.352. The maximum Gasteiger partial charge on any atom is 0.259 e. The Morgan fingerprint density at radius 1 is 1.18 bits per heavy atom. The predicted molar refractivity (Wildman–Crippen MR) is 102 cm³/mol. The van der Waals surface area contributed by atoms with Crippen LogP contribution in [0.15, 0.2) is 63.0 Å². The molecule has 0 bridgehead atoms. The van der Waals surface area contributed by atoms with E-state index in [1.54, 1.807) is 12.1 Å². The maximum atomic E-state index is 12.8. The molecule has 142 valence electrons. The number of carbonyl (C=O) groups is 2. The SMILES string of the molecule is O=C(CNC(=O)c1ccc(F)cc1)N/N=C/c1coc2ccc(Cl)cc2c1=O. The minimum absolute atomic E-state index is 0.116. The molecule has 0 saturated heterocycles. The van der Waals surface area contributed by atoms with Crippen LogP contribution < -0.4 is 16.2 Å². The van der Waals surface area contributed by atoms with Gasteiger partial charge in [-0.15, -0.1) is 0 Å². The van der Waals surface area contributed by atoms with Gasteiger partial charge in [-0.25, -0.2) is 9.82 Å². The molecule has 1 aromatic heterocycles. The van der Waals surface area contributed by atoms with Gasteiger partial charge in [-0.3, -0.25) is 14.4 Å². The number of halogens is 2. The van der Waals surface area contributed by atoms with Crippen molar-refractivity contribution < 1.29 is 18.4 Å². The van der Waals surface area contributed by atoms with Crippen molar-refractivity contribution in [3.8, 4) is 0 Å². The molecule has 0 radical (unpaired) electrons. The third-order valence-corrected chi connectivity index (χ3v) is 3.91. The Kier molecular flexibility index (Phi) is 5.81. The van der Waals surface area contributed by atoms with Crippen LogP contribution in [0.1, 0.15) is 15.9 Å². The lowest BCUT2D eigenvalue weighted by molar-refractivity contribution is -0.120. The first-order chi connectivity index (χ1) is 13.4. The molecule has 7 nitrogen and oxygen atoms in total. The third-order valence-electron chi connectivity index (χ3n) is 3.67. The summed E-state index contributed by atoms with van der Waals surface area (Å²) in [7, 11) is 0. The minimum Gasteiger partial charge on any atom is -0.463 e. The van der Waals surface area contributed by atoms with Crippen LogP contribution in [0.25, 0.3) is 11.0 Å². The number of benzene rings is 2. The van der Waals surface area contributed by atoms with Crippen LogP contribution >= 0.6 is 11.6 Å². The number of hydrazone groups is 1. The number of hydrogen-bond donors (Lipinski definition) is 2. The monoisotopic (exact) mass is 401 g/mol. The van der Waals surface area contributed by atoms with E-state index < -0.39 is 17.6 Å². The summed E-state index contributed by atoms with van der Waals surface area (Å²) in [6, 6.07) is 9.53. The summed E-state index contributed by atoms with van der Waals surface area (Å²) in [5.74, 6) is -1.62. The second-order valence-corrected chi connectivity index (χ2v) is 6.08. The van der Waals surface area contributed by atoms with Gasteiger partial charge in [0.25, 0.3) is 11.8 Å². The first kappa shape index (κ1) is 19.2. The normalized spacial score (nSPS) is 10.9. The highest BCUT2D eigenvalue weighted by molar-refractivity contribution is 6.31. The fourth-order valence-electron chi connectivity index (χ4n) is 2.28. The molecule has 1 heterocycles. The Bertz CT molecular complexity index is 1130. The van der Waals surface area contributed by atoms with Gasteiger partial charge in [0.1, 0.15) is 17.7 Å². The molecule has 0 aliphatic rings. The van der Waals surface area contributed by atoms with E-state index in [9.17, 15) is 18.8 Å². The third kappa shape index (κ3) is 4.60. The zero-order valence-electron chi connectivity index (χ0n) is 14.2. The van der Waals surface area contributed by atoms with Crippen LogP contribution in [0.5, 0.6) is 0 Å². The van der Waals surface area contributed by atoms with Gasteiger partial charge in [-0.1, -0.05) is 11.6 Å². The van der Waals surface area contributed by atoms with Gasteiger partial charge in [-0.2, -0.15) is 5.10 Å². The average Bonchev–Trinajstić information content (AvgIpc) is 2.69. The zero-order valence-corrected chi connectivity index (χ0v) is 15.0. The molecule has 0 fully saturated rings. The Labute approximate surface area is 162 Å². The standard InChI is InChI=1S/C19H13ClFN3O4/c20-13-3-6-16-15(7-13)18(26)12(10-28-16)8-23-24-17(25)9-22-19(27)11-1-4-14(21)5-2-11/h1-8,10H,9H2,(H,22,27)(H,24,25)/b23-8+. The Morgan fingerprint density at radius 3 is 2.68 bits per heavy atom. The van der Waals surface area contributed by atoms with E-state index in [2.05, 4.69) is 15.8 Å². The lowest BCUT2D eigenvalue weighted by Gasteiger charge is -2.04. The molecule has 2 N–H and O–H groups in total. The Morgan fingerprint density at radius 2 is 1.93 bits per heavy atom. The molecule has 3 rings (SSSR count). The van der Waals surface area contributed by atoms with Gasteiger partial charge < -0.3 is 9.73 Å². The molecule has 0 spiro atoms. The Balaban J connectivity index is 1.58. The van der Waals surface area contributed by atoms with Crippen LogP contribution in [0.3, 0.4) is 0 Å². The molecule has 9 heteroatoms. The largest absolute Gasteiger partial charge is 0.463 e. The van der Waals surface area contributed by atoms with Crippen molar-refractivity contribution in [2.24, 2.45) is 5.10 Å². The summed E-state index contributed by atoms with van der Waals surface area (Å²) >= 11 is 5.88. The number of rotatable bonds is 5. The predicted octanol–water partition coefficient (Wildman–Crippen LogP) is 2.47. The summed E-state index contributed by atoms with van der Waals surface area (Å²) < 4.78 is 18.2. The van der Waals surface area contributed by atoms with Crippen LogP contribution in [0.2, 0.25) is 5.02 Å². The lowest BCUT2D eigenvalue weighted by atomic mass is 10.2. The van der Waals surface area contributed by atoms with Gasteiger partial charge in [0, 0.05) is 10.6 Å². The van der Waals surface area contributed by atoms with Crippen LogP contribution in [0, 0.1) is 5.82 Å². The van der Waals surface area contributed by atoms with Gasteiger partial charge in [0.2, 0.25) is 5.43 Å². The molecule has 2 amide bonds. The molecule has 0 unspecified atom stereocenters. The first-order valence-electron chi connectivity index (χ1n) is 8.01. The number of amides is 2. The van der Waals surface area contributed by atoms with Crippen molar-refractivity contribution >= 4 is 40.6 Å². The summed E-state index contributed by atoms with van der Waals surface area (Å²) in [5.41, 5.74) is 2.53. The molecular formula is C19H13ClFN3O4. The highest BCUT2D eigenvalue weighted by Gasteiger charge is 2.08. The van der Waals surface area contributed by atoms with Crippen LogP contribution in [-0.4, -0.2) is 24.6 Å². The maximum absolute atomic E-state index is 12.8. The number of hydrogen-bond acceptors (Lipinski definition) is 5. The van der Waals surface area contributed by atoms with Gasteiger partial charge in [0.15, 0.2) is 0 Å². The summed E-state index contributed by atoms with van der Waals surface area (Å²) in [5, 5.41) is 6.72. The molecule has 28 heavy (non-hydrogen) atoms. The lowest BCUT2D eigenvalue weighted by Crippen LogP contribution is -2.35. The zero-order chi connectivity index (χ0) is 20.1.